The fraction of sp³-hybridized carbons (Fsp3) is 0.909. The molecule has 0 aromatic heterocycles. The van der Waals surface area contributed by atoms with Gasteiger partial charge in [-0.1, -0.05) is 19.3 Å². The van der Waals surface area contributed by atoms with Crippen LogP contribution in [-0.2, 0) is 9.53 Å². The highest BCUT2D eigenvalue weighted by Crippen LogP contribution is 2.30. The molecule has 14 heavy (non-hydrogen) atoms. The maximum Gasteiger partial charge on any atom is 0.322 e. The lowest BCUT2D eigenvalue weighted by Crippen LogP contribution is -2.41. The summed E-state index contributed by atoms with van der Waals surface area (Å²) in [5.74, 6) is 0.702. The van der Waals surface area contributed by atoms with Gasteiger partial charge in [0.2, 0.25) is 0 Å². The summed E-state index contributed by atoms with van der Waals surface area (Å²) in [6, 6.07) is 0.226. The van der Waals surface area contributed by atoms with Crippen LogP contribution >= 0.6 is 0 Å². The lowest BCUT2D eigenvalue weighted by atomic mass is 9.81. The number of carbonyl (C=O) groups excluding carboxylic acids is 1. The van der Waals surface area contributed by atoms with Crippen LogP contribution in [0.1, 0.15) is 39.5 Å². The Morgan fingerprint density at radius 3 is 2.57 bits per heavy atom. The molecule has 1 saturated carbocycles. The summed E-state index contributed by atoms with van der Waals surface area (Å²) < 4.78 is 4.66. The number of methoxy groups -OCH3 is 1. The van der Waals surface area contributed by atoms with Gasteiger partial charge in [0.25, 0.3) is 0 Å². The third-order valence-electron chi connectivity index (χ3n) is 3.00. The van der Waals surface area contributed by atoms with Gasteiger partial charge in [0.15, 0.2) is 0 Å². The van der Waals surface area contributed by atoms with E-state index in [1.54, 1.807) is 0 Å². The fourth-order valence-electron chi connectivity index (χ4n) is 1.97. The molecule has 1 aliphatic carbocycles. The highest BCUT2D eigenvalue weighted by molar-refractivity contribution is 5.75. The normalized spacial score (nSPS) is 21.1. The molecule has 3 nitrogen and oxygen atoms in total. The average Bonchev–Trinajstić information content (AvgIpc) is 2.10. The highest BCUT2D eigenvalue weighted by Gasteiger charge is 2.22. The molecule has 2 atom stereocenters. The first-order chi connectivity index (χ1) is 6.63. The monoisotopic (exact) mass is 199 g/mol. The zero-order valence-electron chi connectivity index (χ0n) is 9.38. The highest BCUT2D eigenvalue weighted by atomic mass is 16.5. The van der Waals surface area contributed by atoms with Crippen molar-refractivity contribution in [3.8, 4) is 0 Å². The van der Waals surface area contributed by atoms with Gasteiger partial charge < -0.3 is 10.1 Å². The molecule has 0 aromatic carbocycles. The van der Waals surface area contributed by atoms with E-state index in [0.717, 1.165) is 5.92 Å². The van der Waals surface area contributed by atoms with Gasteiger partial charge in [0, 0.05) is 6.04 Å². The average molecular weight is 199 g/mol. The van der Waals surface area contributed by atoms with Crippen molar-refractivity contribution < 1.29 is 9.53 Å². The van der Waals surface area contributed by atoms with Crippen LogP contribution in [0.2, 0.25) is 0 Å². The van der Waals surface area contributed by atoms with Gasteiger partial charge in [-0.15, -0.1) is 0 Å². The van der Waals surface area contributed by atoms with E-state index in [9.17, 15) is 4.79 Å². The van der Waals surface area contributed by atoms with Crippen LogP contribution in [0.5, 0.6) is 0 Å². The first kappa shape index (κ1) is 11.5. The predicted octanol–water partition coefficient (Wildman–Crippen LogP) is 1.72. The summed E-state index contributed by atoms with van der Waals surface area (Å²) in [6.07, 6.45) is 5.28. The molecule has 1 aliphatic rings. The number of nitrogens with one attached hydrogen (secondary N) is 1. The molecule has 1 N–H and O–H groups in total. The second-order valence-electron chi connectivity index (χ2n) is 4.35. The van der Waals surface area contributed by atoms with E-state index in [1.165, 1.54) is 32.8 Å². The van der Waals surface area contributed by atoms with Gasteiger partial charge in [0.05, 0.1) is 7.11 Å². The summed E-state index contributed by atoms with van der Waals surface area (Å²) in [5, 5.41) is 3.26. The zero-order chi connectivity index (χ0) is 10.6. The Morgan fingerprint density at radius 1 is 1.50 bits per heavy atom. The number of hydrogen-bond donors (Lipinski definition) is 1. The number of rotatable bonds is 5. The number of carbonyl (C=O) groups is 1. The third-order valence-corrected chi connectivity index (χ3v) is 3.00. The van der Waals surface area contributed by atoms with Gasteiger partial charge in [-0.05, 0) is 26.2 Å². The number of ether oxygens (including phenoxy) is 1. The molecule has 0 heterocycles. The van der Waals surface area contributed by atoms with Gasteiger partial charge in [0.1, 0.15) is 6.04 Å². The Labute approximate surface area is 86.2 Å². The van der Waals surface area contributed by atoms with Crippen molar-refractivity contribution in [1.82, 2.24) is 5.32 Å². The molecular weight excluding hydrogens is 178 g/mol. The molecule has 1 rings (SSSR count). The topological polar surface area (TPSA) is 38.3 Å². The van der Waals surface area contributed by atoms with Gasteiger partial charge in [-0.25, -0.2) is 0 Å². The SMILES string of the molecule is COC(=O)C(C)NC(C)CC1CCC1. The summed E-state index contributed by atoms with van der Waals surface area (Å²) >= 11 is 0. The van der Waals surface area contributed by atoms with E-state index in [0.29, 0.717) is 6.04 Å². The van der Waals surface area contributed by atoms with Crippen molar-refractivity contribution in [2.45, 2.75) is 51.6 Å². The Balaban J connectivity index is 2.17. The zero-order valence-corrected chi connectivity index (χ0v) is 9.38. The first-order valence-corrected chi connectivity index (χ1v) is 5.47. The minimum absolute atomic E-state index is 0.176. The summed E-state index contributed by atoms with van der Waals surface area (Å²) in [4.78, 5) is 11.1. The Hall–Kier alpha value is -0.570. The molecule has 0 radical (unpaired) electrons. The van der Waals surface area contributed by atoms with Crippen LogP contribution in [0.3, 0.4) is 0 Å². The van der Waals surface area contributed by atoms with Crippen LogP contribution in [0.25, 0.3) is 0 Å². The summed E-state index contributed by atoms with van der Waals surface area (Å²) in [5.41, 5.74) is 0. The minimum atomic E-state index is -0.185. The molecule has 82 valence electrons. The van der Waals surface area contributed by atoms with Gasteiger partial charge in [-0.2, -0.15) is 0 Å². The smallest absolute Gasteiger partial charge is 0.322 e. The van der Waals surface area contributed by atoms with Crippen molar-refractivity contribution >= 4 is 5.97 Å². The molecule has 0 amide bonds. The largest absolute Gasteiger partial charge is 0.468 e. The Bertz CT molecular complexity index is 190. The Kier molecular flexibility index (Phi) is 4.39. The molecule has 0 saturated heterocycles. The van der Waals surface area contributed by atoms with Crippen molar-refractivity contribution in [2.75, 3.05) is 7.11 Å². The van der Waals surface area contributed by atoms with Crippen LogP contribution in [0.15, 0.2) is 0 Å². The van der Waals surface area contributed by atoms with Crippen LogP contribution < -0.4 is 5.32 Å². The molecule has 0 aromatic rings. The van der Waals surface area contributed by atoms with Gasteiger partial charge in [-0.3, -0.25) is 4.79 Å². The van der Waals surface area contributed by atoms with E-state index < -0.39 is 0 Å². The fourth-order valence-corrected chi connectivity index (χ4v) is 1.97. The second kappa shape index (κ2) is 5.35. The third kappa shape index (κ3) is 3.29. The minimum Gasteiger partial charge on any atom is -0.468 e. The first-order valence-electron chi connectivity index (χ1n) is 5.47. The van der Waals surface area contributed by atoms with Crippen molar-refractivity contribution in [3.05, 3.63) is 0 Å². The van der Waals surface area contributed by atoms with E-state index >= 15 is 0 Å². The predicted molar refractivity (Wildman–Crippen MR) is 56.0 cm³/mol. The van der Waals surface area contributed by atoms with Crippen molar-refractivity contribution in [3.63, 3.8) is 0 Å². The molecular formula is C11H21NO2. The van der Waals surface area contributed by atoms with E-state index in [2.05, 4.69) is 17.0 Å². The molecule has 0 bridgehead atoms. The molecule has 0 spiro atoms. The molecule has 1 fully saturated rings. The summed E-state index contributed by atoms with van der Waals surface area (Å²) in [7, 11) is 1.43. The lowest BCUT2D eigenvalue weighted by Gasteiger charge is -2.29. The molecule has 2 unspecified atom stereocenters. The van der Waals surface area contributed by atoms with Crippen molar-refractivity contribution in [2.24, 2.45) is 5.92 Å². The number of hydrogen-bond acceptors (Lipinski definition) is 3. The summed E-state index contributed by atoms with van der Waals surface area (Å²) in [6.45, 7) is 3.99. The van der Waals surface area contributed by atoms with Crippen molar-refractivity contribution in [1.29, 1.82) is 0 Å². The second-order valence-corrected chi connectivity index (χ2v) is 4.35. The van der Waals surface area contributed by atoms with E-state index in [-0.39, 0.29) is 12.0 Å². The standard InChI is InChI=1S/C11H21NO2/c1-8(7-10-5-4-6-10)12-9(2)11(13)14-3/h8-10,12H,4-7H2,1-3H3. The van der Waals surface area contributed by atoms with E-state index in [1.807, 2.05) is 6.92 Å². The maximum atomic E-state index is 11.1. The van der Waals surface area contributed by atoms with E-state index in [4.69, 9.17) is 0 Å². The van der Waals surface area contributed by atoms with Crippen LogP contribution in [-0.4, -0.2) is 25.2 Å². The quantitative estimate of drug-likeness (QED) is 0.685. The molecule has 3 heteroatoms. The lowest BCUT2D eigenvalue weighted by molar-refractivity contribution is -0.142. The maximum absolute atomic E-state index is 11.1. The number of esters is 1. The van der Waals surface area contributed by atoms with Gasteiger partial charge >= 0.3 is 5.97 Å². The Morgan fingerprint density at radius 2 is 2.14 bits per heavy atom. The molecule has 0 aliphatic heterocycles. The van der Waals surface area contributed by atoms with Crippen LogP contribution in [0, 0.1) is 5.92 Å². The van der Waals surface area contributed by atoms with Crippen LogP contribution in [0.4, 0.5) is 0 Å².